The van der Waals surface area contributed by atoms with Gasteiger partial charge in [-0.25, -0.2) is 4.98 Å². The number of methoxy groups -OCH3 is 1. The fourth-order valence-electron chi connectivity index (χ4n) is 4.96. The number of nitrogens with one attached hydrogen (secondary N) is 1. The van der Waals surface area contributed by atoms with Crippen LogP contribution in [0.25, 0.3) is 0 Å². The molecule has 4 atom stereocenters. The number of fused-ring (bicyclic) bond motifs is 1. The number of likely N-dealkylation sites (tertiary alicyclic amines) is 1. The van der Waals surface area contributed by atoms with E-state index in [1.807, 2.05) is 0 Å². The predicted molar refractivity (Wildman–Crippen MR) is 103 cm³/mol. The Morgan fingerprint density at radius 3 is 3.04 bits per heavy atom. The van der Waals surface area contributed by atoms with Crippen LogP contribution in [0.4, 0.5) is 0 Å². The lowest BCUT2D eigenvalue weighted by Crippen LogP contribution is -2.41. The van der Waals surface area contributed by atoms with Crippen LogP contribution < -0.4 is 10.1 Å². The van der Waals surface area contributed by atoms with Gasteiger partial charge in [-0.2, -0.15) is 0 Å². The third kappa shape index (κ3) is 3.48. The van der Waals surface area contributed by atoms with Crippen LogP contribution in [0.3, 0.4) is 0 Å². The SMILES string of the molecule is COc1ccc(C(=O)NC[C@H]2[C@H]3CN(CC=C(C)C)C[C@]34CC[C@H]2O4)cn1. The number of hydrogen-bond donors (Lipinski definition) is 1. The second-order valence-electron chi connectivity index (χ2n) is 8.30. The summed E-state index contributed by atoms with van der Waals surface area (Å²) in [5.41, 5.74) is 1.93. The molecular formula is C21H29N3O3. The number of aromatic nitrogens is 1. The van der Waals surface area contributed by atoms with Crippen LogP contribution in [0.2, 0.25) is 0 Å². The van der Waals surface area contributed by atoms with E-state index < -0.39 is 0 Å². The van der Waals surface area contributed by atoms with Gasteiger partial charge in [0, 0.05) is 50.3 Å². The average Bonchev–Trinajstić information content (AvgIpc) is 3.32. The van der Waals surface area contributed by atoms with Crippen molar-refractivity contribution in [1.82, 2.24) is 15.2 Å². The lowest BCUT2D eigenvalue weighted by Gasteiger charge is -2.29. The maximum Gasteiger partial charge on any atom is 0.252 e. The third-order valence-corrected chi connectivity index (χ3v) is 6.32. The van der Waals surface area contributed by atoms with E-state index in [0.29, 0.717) is 29.8 Å². The Hall–Kier alpha value is -1.92. The summed E-state index contributed by atoms with van der Waals surface area (Å²) in [5.74, 6) is 1.33. The smallest absolute Gasteiger partial charge is 0.252 e. The summed E-state index contributed by atoms with van der Waals surface area (Å²) in [7, 11) is 1.57. The molecule has 3 aliphatic rings. The summed E-state index contributed by atoms with van der Waals surface area (Å²) in [5, 5.41) is 3.11. The first kappa shape index (κ1) is 18.4. The molecule has 4 heterocycles. The Bertz CT molecular complexity index is 729. The molecule has 3 aliphatic heterocycles. The van der Waals surface area contributed by atoms with E-state index in [1.165, 1.54) is 5.57 Å². The Balaban J connectivity index is 1.38. The molecule has 1 aromatic rings. The first-order valence-corrected chi connectivity index (χ1v) is 9.82. The topological polar surface area (TPSA) is 63.7 Å². The van der Waals surface area contributed by atoms with Crippen LogP contribution in [-0.4, -0.2) is 60.8 Å². The highest BCUT2D eigenvalue weighted by atomic mass is 16.5. The molecule has 1 aromatic heterocycles. The summed E-state index contributed by atoms with van der Waals surface area (Å²) < 4.78 is 11.5. The Labute approximate surface area is 160 Å². The molecule has 146 valence electrons. The van der Waals surface area contributed by atoms with Crippen molar-refractivity contribution in [1.29, 1.82) is 0 Å². The van der Waals surface area contributed by atoms with E-state index in [0.717, 1.165) is 32.5 Å². The molecule has 0 saturated carbocycles. The van der Waals surface area contributed by atoms with Crippen LogP contribution in [0, 0.1) is 11.8 Å². The van der Waals surface area contributed by atoms with Gasteiger partial charge < -0.3 is 14.8 Å². The van der Waals surface area contributed by atoms with Crippen LogP contribution >= 0.6 is 0 Å². The maximum absolute atomic E-state index is 12.5. The summed E-state index contributed by atoms with van der Waals surface area (Å²) in [6, 6.07) is 3.46. The fourth-order valence-corrected chi connectivity index (χ4v) is 4.96. The summed E-state index contributed by atoms with van der Waals surface area (Å²) in [6.45, 7) is 8.02. The van der Waals surface area contributed by atoms with E-state index in [9.17, 15) is 4.79 Å². The molecule has 4 rings (SSSR count). The standard InChI is InChI=1S/C21H29N3O3/c1-14(2)7-9-24-12-17-16(18-6-8-21(17,13-24)27-18)11-23-20(25)15-4-5-19(26-3)22-10-15/h4-5,7,10,16-18H,6,8-9,11-13H2,1-3H3,(H,23,25)/t16-,17+,18+,21+/m0/s1. The molecule has 3 fully saturated rings. The van der Waals surface area contributed by atoms with Gasteiger partial charge in [-0.1, -0.05) is 11.6 Å². The molecule has 0 aromatic carbocycles. The first-order valence-electron chi connectivity index (χ1n) is 9.82. The quantitative estimate of drug-likeness (QED) is 0.777. The number of carbonyl (C=O) groups excluding carboxylic acids is 1. The van der Waals surface area contributed by atoms with Crippen LogP contribution in [0.5, 0.6) is 5.88 Å². The molecule has 2 bridgehead atoms. The van der Waals surface area contributed by atoms with Crippen molar-refractivity contribution in [2.24, 2.45) is 11.8 Å². The van der Waals surface area contributed by atoms with Crippen LogP contribution in [0.15, 0.2) is 30.0 Å². The lowest BCUT2D eigenvalue weighted by molar-refractivity contribution is 0.00364. The molecule has 6 heteroatoms. The zero-order valence-corrected chi connectivity index (χ0v) is 16.4. The fraction of sp³-hybridized carbons (Fsp3) is 0.619. The molecule has 3 saturated heterocycles. The minimum atomic E-state index is -0.0821. The van der Waals surface area contributed by atoms with E-state index in [2.05, 4.69) is 35.1 Å². The minimum Gasteiger partial charge on any atom is -0.481 e. The van der Waals surface area contributed by atoms with Gasteiger partial charge in [0.15, 0.2) is 0 Å². The molecule has 0 radical (unpaired) electrons. The zero-order valence-electron chi connectivity index (χ0n) is 16.4. The Morgan fingerprint density at radius 2 is 2.33 bits per heavy atom. The van der Waals surface area contributed by atoms with Crippen molar-refractivity contribution < 1.29 is 14.3 Å². The Morgan fingerprint density at radius 1 is 1.48 bits per heavy atom. The van der Waals surface area contributed by atoms with E-state index in [1.54, 1.807) is 25.4 Å². The number of hydrogen-bond acceptors (Lipinski definition) is 5. The summed E-state index contributed by atoms with van der Waals surface area (Å²) in [6.07, 6.45) is 6.40. The number of carbonyl (C=O) groups is 1. The molecular weight excluding hydrogens is 342 g/mol. The van der Waals surface area contributed by atoms with Gasteiger partial charge in [0.05, 0.1) is 24.4 Å². The molecule has 0 unspecified atom stereocenters. The largest absolute Gasteiger partial charge is 0.481 e. The highest BCUT2D eigenvalue weighted by Crippen LogP contribution is 2.54. The first-order chi connectivity index (χ1) is 13.0. The van der Waals surface area contributed by atoms with Crippen LogP contribution in [-0.2, 0) is 4.74 Å². The van der Waals surface area contributed by atoms with Crippen molar-refractivity contribution >= 4 is 5.91 Å². The summed E-state index contributed by atoms with van der Waals surface area (Å²) >= 11 is 0. The molecule has 1 spiro atoms. The highest BCUT2D eigenvalue weighted by molar-refractivity contribution is 5.93. The average molecular weight is 371 g/mol. The molecule has 0 aliphatic carbocycles. The molecule has 1 amide bonds. The van der Waals surface area contributed by atoms with Crippen molar-refractivity contribution in [2.45, 2.75) is 38.4 Å². The molecule has 6 nitrogen and oxygen atoms in total. The zero-order chi connectivity index (χ0) is 19.0. The van der Waals surface area contributed by atoms with E-state index in [4.69, 9.17) is 9.47 Å². The molecule has 1 N–H and O–H groups in total. The number of amides is 1. The van der Waals surface area contributed by atoms with Crippen molar-refractivity contribution in [3.05, 3.63) is 35.5 Å². The number of ether oxygens (including phenoxy) is 2. The number of nitrogens with zero attached hydrogens (tertiary/aromatic N) is 2. The van der Waals surface area contributed by atoms with Crippen molar-refractivity contribution in [3.63, 3.8) is 0 Å². The second kappa shape index (κ2) is 7.24. The van der Waals surface area contributed by atoms with Gasteiger partial charge in [0.2, 0.25) is 5.88 Å². The monoisotopic (exact) mass is 371 g/mol. The third-order valence-electron chi connectivity index (χ3n) is 6.32. The Kier molecular flexibility index (Phi) is 4.95. The highest BCUT2D eigenvalue weighted by Gasteiger charge is 2.62. The minimum absolute atomic E-state index is 0.0111. The normalized spacial score (nSPS) is 31.6. The van der Waals surface area contributed by atoms with Crippen LogP contribution in [0.1, 0.15) is 37.0 Å². The number of pyridine rings is 1. The maximum atomic E-state index is 12.5. The summed E-state index contributed by atoms with van der Waals surface area (Å²) in [4.78, 5) is 19.1. The van der Waals surface area contributed by atoms with Gasteiger partial charge in [-0.3, -0.25) is 9.69 Å². The van der Waals surface area contributed by atoms with E-state index in [-0.39, 0.29) is 17.6 Å². The van der Waals surface area contributed by atoms with Crippen molar-refractivity contribution in [2.75, 3.05) is 33.3 Å². The van der Waals surface area contributed by atoms with Crippen molar-refractivity contribution in [3.8, 4) is 5.88 Å². The number of allylic oxidation sites excluding steroid dienone is 1. The van der Waals surface area contributed by atoms with Gasteiger partial charge in [0.25, 0.3) is 5.91 Å². The van der Waals surface area contributed by atoms with Gasteiger partial charge >= 0.3 is 0 Å². The van der Waals surface area contributed by atoms with Gasteiger partial charge in [0.1, 0.15) is 0 Å². The predicted octanol–water partition coefficient (Wildman–Crippen LogP) is 2.27. The van der Waals surface area contributed by atoms with Gasteiger partial charge in [-0.05, 0) is 32.8 Å². The van der Waals surface area contributed by atoms with E-state index >= 15 is 0 Å². The van der Waals surface area contributed by atoms with Gasteiger partial charge in [-0.15, -0.1) is 0 Å². The lowest BCUT2D eigenvalue weighted by atomic mass is 9.73. The molecule has 27 heavy (non-hydrogen) atoms. The second-order valence-corrected chi connectivity index (χ2v) is 8.30. The number of rotatable bonds is 6.